The van der Waals surface area contributed by atoms with Crippen molar-refractivity contribution < 1.29 is 22.7 Å². The van der Waals surface area contributed by atoms with Crippen molar-refractivity contribution >= 4 is 29.2 Å². The molecule has 0 spiro atoms. The van der Waals surface area contributed by atoms with Crippen LogP contribution in [-0.4, -0.2) is 18.5 Å². The fraction of sp³-hybridized carbons (Fsp3) is 0.533. The summed E-state index contributed by atoms with van der Waals surface area (Å²) in [4.78, 5) is 12.0. The third kappa shape index (κ3) is 4.69. The molecule has 7 heteroatoms. The lowest BCUT2D eigenvalue weighted by molar-refractivity contribution is -0.148. The van der Waals surface area contributed by atoms with Crippen LogP contribution in [0, 0.1) is 29.6 Å². The summed E-state index contributed by atoms with van der Waals surface area (Å²) in [5.74, 6) is -0.705. The van der Waals surface area contributed by atoms with Gasteiger partial charge in [0.2, 0.25) is 12.5 Å². The predicted molar refractivity (Wildman–Crippen MR) is 79.1 cm³/mol. The van der Waals surface area contributed by atoms with Crippen LogP contribution >= 0.6 is 23.2 Å². The third-order valence-electron chi connectivity index (χ3n) is 3.60. The number of alkyl halides is 2. The van der Waals surface area contributed by atoms with Gasteiger partial charge in [-0.2, -0.15) is 0 Å². The molecular weight excluding hydrogens is 340 g/mol. The first-order chi connectivity index (χ1) is 10.1. The van der Waals surface area contributed by atoms with Gasteiger partial charge >= 0.3 is 5.97 Å². The number of halogens is 5. The standard InChI is InChI=1S/C15H15Cl2F3O2/c1-4-10(9(18)5-6-12(19)20)22-14(21)13-8(7-11(16)17)15(13,2)3/h1,5,7-8,10,12-13H,6H2,2-3H3/b9-5-. The summed E-state index contributed by atoms with van der Waals surface area (Å²) in [5, 5.41) is 0. The molecule has 0 aromatic heterocycles. The van der Waals surface area contributed by atoms with E-state index in [0.29, 0.717) is 6.08 Å². The van der Waals surface area contributed by atoms with E-state index in [-0.39, 0.29) is 10.4 Å². The van der Waals surface area contributed by atoms with Crippen LogP contribution in [-0.2, 0) is 9.53 Å². The molecule has 0 aliphatic heterocycles. The Hall–Kier alpha value is -1.12. The predicted octanol–water partition coefficient (Wildman–Crippen LogP) is 4.63. The van der Waals surface area contributed by atoms with Gasteiger partial charge in [-0.3, -0.25) is 4.79 Å². The minimum Gasteiger partial charge on any atom is -0.441 e. The Morgan fingerprint density at radius 3 is 2.50 bits per heavy atom. The molecule has 1 rings (SSSR count). The summed E-state index contributed by atoms with van der Waals surface area (Å²) in [5.41, 5.74) is -0.450. The zero-order chi connectivity index (χ0) is 17.1. The summed E-state index contributed by atoms with van der Waals surface area (Å²) in [6.07, 6.45) is 2.08. The Labute approximate surface area is 137 Å². The first-order valence-corrected chi connectivity index (χ1v) is 7.20. The second kappa shape index (κ2) is 7.43. The highest BCUT2D eigenvalue weighted by atomic mass is 35.5. The third-order valence-corrected chi connectivity index (χ3v) is 3.85. The van der Waals surface area contributed by atoms with Crippen LogP contribution in [0.15, 0.2) is 22.5 Å². The number of terminal acetylenes is 1. The van der Waals surface area contributed by atoms with Gasteiger partial charge in [0.25, 0.3) is 0 Å². The number of allylic oxidation sites excluding steroid dienone is 2. The van der Waals surface area contributed by atoms with E-state index in [1.54, 1.807) is 13.8 Å². The van der Waals surface area contributed by atoms with Crippen molar-refractivity contribution in [2.45, 2.75) is 32.8 Å². The average molecular weight is 355 g/mol. The Balaban J connectivity index is 2.73. The number of esters is 1. The van der Waals surface area contributed by atoms with Gasteiger partial charge in [-0.1, -0.05) is 43.0 Å². The van der Waals surface area contributed by atoms with Crippen LogP contribution < -0.4 is 0 Å². The zero-order valence-corrected chi connectivity index (χ0v) is 13.5. The first kappa shape index (κ1) is 18.9. The molecule has 1 fully saturated rings. The van der Waals surface area contributed by atoms with Crippen LogP contribution in [0.4, 0.5) is 13.2 Å². The van der Waals surface area contributed by atoms with E-state index in [0.717, 1.165) is 0 Å². The van der Waals surface area contributed by atoms with E-state index in [1.165, 1.54) is 6.08 Å². The normalized spacial score (nSPS) is 24.4. The van der Waals surface area contributed by atoms with Crippen LogP contribution in [0.25, 0.3) is 0 Å². The number of hydrogen-bond acceptors (Lipinski definition) is 2. The molecule has 1 saturated carbocycles. The van der Waals surface area contributed by atoms with Gasteiger partial charge in [-0.25, -0.2) is 13.2 Å². The average Bonchev–Trinajstić information content (AvgIpc) is 2.93. The highest BCUT2D eigenvalue weighted by molar-refractivity contribution is 6.55. The molecule has 3 atom stereocenters. The van der Waals surface area contributed by atoms with Gasteiger partial charge < -0.3 is 4.74 Å². The van der Waals surface area contributed by atoms with Gasteiger partial charge in [-0.05, 0) is 23.5 Å². The van der Waals surface area contributed by atoms with Crippen LogP contribution in [0.3, 0.4) is 0 Å². The topological polar surface area (TPSA) is 26.3 Å². The van der Waals surface area contributed by atoms with Gasteiger partial charge in [0.1, 0.15) is 10.3 Å². The molecule has 0 aromatic rings. The Bertz CT molecular complexity index is 531. The SMILES string of the molecule is C#CC(OC(=O)C1C(C=C(Cl)Cl)C1(C)C)/C(F)=C/CC(F)F. The summed E-state index contributed by atoms with van der Waals surface area (Å²) >= 11 is 11.1. The van der Waals surface area contributed by atoms with Crippen LogP contribution in [0.2, 0.25) is 0 Å². The molecule has 2 nitrogen and oxygen atoms in total. The minimum absolute atomic E-state index is 0.0184. The maximum absolute atomic E-state index is 13.6. The van der Waals surface area contributed by atoms with Crippen LogP contribution in [0.1, 0.15) is 20.3 Å². The Kier molecular flexibility index (Phi) is 6.39. The number of ether oxygens (including phenoxy) is 1. The highest BCUT2D eigenvalue weighted by Gasteiger charge is 2.62. The molecule has 22 heavy (non-hydrogen) atoms. The van der Waals surface area contributed by atoms with Crippen LogP contribution in [0.5, 0.6) is 0 Å². The summed E-state index contributed by atoms with van der Waals surface area (Å²) in [6.45, 7) is 3.59. The maximum Gasteiger partial charge on any atom is 0.311 e. The second-order valence-corrected chi connectivity index (χ2v) is 6.49. The van der Waals surface area contributed by atoms with Crippen molar-refractivity contribution in [1.82, 2.24) is 0 Å². The molecule has 0 aromatic carbocycles. The van der Waals surface area contributed by atoms with Crippen molar-refractivity contribution in [3.05, 3.63) is 22.5 Å². The smallest absolute Gasteiger partial charge is 0.311 e. The number of rotatable bonds is 6. The molecule has 0 amide bonds. The minimum atomic E-state index is -2.71. The molecule has 1 aliphatic rings. The van der Waals surface area contributed by atoms with Crippen molar-refractivity contribution in [3.63, 3.8) is 0 Å². The molecule has 1 aliphatic carbocycles. The fourth-order valence-electron chi connectivity index (χ4n) is 2.24. The molecule has 0 radical (unpaired) electrons. The van der Waals surface area contributed by atoms with E-state index in [9.17, 15) is 18.0 Å². The van der Waals surface area contributed by atoms with Crippen molar-refractivity contribution in [2.24, 2.45) is 17.3 Å². The highest BCUT2D eigenvalue weighted by Crippen LogP contribution is 2.60. The van der Waals surface area contributed by atoms with E-state index < -0.39 is 42.1 Å². The fourth-order valence-corrected chi connectivity index (χ4v) is 2.51. The van der Waals surface area contributed by atoms with Crippen molar-refractivity contribution in [1.29, 1.82) is 0 Å². The lowest BCUT2D eigenvalue weighted by atomic mass is 10.1. The molecule has 3 unspecified atom stereocenters. The van der Waals surface area contributed by atoms with Crippen molar-refractivity contribution in [3.8, 4) is 12.3 Å². The monoisotopic (exact) mass is 354 g/mol. The second-order valence-electron chi connectivity index (χ2n) is 5.48. The zero-order valence-electron chi connectivity index (χ0n) is 12.0. The summed E-state index contributed by atoms with van der Waals surface area (Å²) < 4.78 is 42.6. The number of carbonyl (C=O) groups excluding carboxylic acids is 1. The van der Waals surface area contributed by atoms with Gasteiger partial charge in [0, 0.05) is 6.42 Å². The van der Waals surface area contributed by atoms with E-state index in [2.05, 4.69) is 0 Å². The summed E-state index contributed by atoms with van der Waals surface area (Å²) in [7, 11) is 0. The molecule has 122 valence electrons. The van der Waals surface area contributed by atoms with Gasteiger partial charge in [0.05, 0.1) is 5.92 Å². The molecule has 0 N–H and O–H groups in total. The first-order valence-electron chi connectivity index (χ1n) is 6.44. The lowest BCUT2D eigenvalue weighted by Gasteiger charge is -2.11. The summed E-state index contributed by atoms with van der Waals surface area (Å²) in [6, 6.07) is 0. The molecular formula is C15H15Cl2F3O2. The van der Waals surface area contributed by atoms with Crippen molar-refractivity contribution in [2.75, 3.05) is 0 Å². The lowest BCUT2D eigenvalue weighted by Crippen LogP contribution is -2.20. The van der Waals surface area contributed by atoms with Gasteiger partial charge in [-0.15, -0.1) is 6.42 Å². The molecule has 0 heterocycles. The largest absolute Gasteiger partial charge is 0.441 e. The van der Waals surface area contributed by atoms with Gasteiger partial charge in [0.15, 0.2) is 0 Å². The van der Waals surface area contributed by atoms with E-state index >= 15 is 0 Å². The molecule has 0 saturated heterocycles. The number of hydrogen-bond donors (Lipinski definition) is 0. The Morgan fingerprint density at radius 2 is 2.05 bits per heavy atom. The quantitative estimate of drug-likeness (QED) is 0.513. The maximum atomic E-state index is 13.6. The Morgan fingerprint density at radius 1 is 1.45 bits per heavy atom. The number of carbonyl (C=O) groups is 1. The molecule has 0 bridgehead atoms. The van der Waals surface area contributed by atoms with E-state index in [4.69, 9.17) is 34.4 Å². The van der Waals surface area contributed by atoms with E-state index in [1.807, 2.05) is 5.92 Å².